The van der Waals surface area contributed by atoms with Crippen LogP contribution in [-0.2, 0) is 4.79 Å². The van der Waals surface area contributed by atoms with Gasteiger partial charge < -0.3 is 15.9 Å². The van der Waals surface area contributed by atoms with Crippen LogP contribution in [0.1, 0.15) is 25.0 Å². The zero-order valence-corrected chi connectivity index (χ0v) is 10.5. The van der Waals surface area contributed by atoms with Crippen LogP contribution in [0.4, 0.5) is 5.69 Å². The van der Waals surface area contributed by atoms with Gasteiger partial charge in [-0.25, -0.2) is 0 Å². The van der Waals surface area contributed by atoms with E-state index in [0.29, 0.717) is 23.4 Å². The Balaban J connectivity index is 2.51. The SMILES string of the molecule is CC(=O)SCCC(O)C(O)c1cccc(N)c1. The largest absolute Gasteiger partial charge is 0.399 e. The zero-order valence-electron chi connectivity index (χ0n) is 9.67. The second-order valence-electron chi connectivity index (χ2n) is 3.81. The molecular weight excluding hydrogens is 238 g/mol. The topological polar surface area (TPSA) is 83.5 Å². The lowest BCUT2D eigenvalue weighted by Gasteiger charge is -2.18. The third-order valence-electron chi connectivity index (χ3n) is 2.34. The molecule has 0 saturated heterocycles. The summed E-state index contributed by atoms with van der Waals surface area (Å²) in [5.41, 5.74) is 6.73. The van der Waals surface area contributed by atoms with Crippen LogP contribution in [0.3, 0.4) is 0 Å². The van der Waals surface area contributed by atoms with E-state index >= 15 is 0 Å². The first-order valence-corrected chi connectivity index (χ1v) is 6.34. The summed E-state index contributed by atoms with van der Waals surface area (Å²) in [5.74, 6) is 0.496. The van der Waals surface area contributed by atoms with Crippen molar-refractivity contribution in [3.8, 4) is 0 Å². The third-order valence-corrected chi connectivity index (χ3v) is 3.18. The molecule has 0 aliphatic heterocycles. The van der Waals surface area contributed by atoms with Crippen molar-refractivity contribution < 1.29 is 15.0 Å². The van der Waals surface area contributed by atoms with Crippen LogP contribution in [0.15, 0.2) is 24.3 Å². The Hall–Kier alpha value is -1.04. The molecule has 0 heterocycles. The van der Waals surface area contributed by atoms with E-state index in [1.54, 1.807) is 24.3 Å². The molecule has 0 fully saturated rings. The monoisotopic (exact) mass is 255 g/mol. The van der Waals surface area contributed by atoms with Crippen LogP contribution < -0.4 is 5.73 Å². The number of aliphatic hydroxyl groups is 2. The molecule has 4 N–H and O–H groups in total. The highest BCUT2D eigenvalue weighted by atomic mass is 32.2. The lowest BCUT2D eigenvalue weighted by atomic mass is 10.0. The maximum atomic E-state index is 10.7. The number of carbonyl (C=O) groups excluding carboxylic acids is 1. The van der Waals surface area contributed by atoms with Gasteiger partial charge in [-0.05, 0) is 24.1 Å². The van der Waals surface area contributed by atoms with E-state index < -0.39 is 12.2 Å². The maximum Gasteiger partial charge on any atom is 0.185 e. The van der Waals surface area contributed by atoms with E-state index in [0.717, 1.165) is 11.8 Å². The van der Waals surface area contributed by atoms with Gasteiger partial charge >= 0.3 is 0 Å². The number of carbonyl (C=O) groups is 1. The number of hydrogen-bond acceptors (Lipinski definition) is 5. The number of anilines is 1. The van der Waals surface area contributed by atoms with Crippen LogP contribution in [0.25, 0.3) is 0 Å². The van der Waals surface area contributed by atoms with Crippen molar-refractivity contribution in [3.05, 3.63) is 29.8 Å². The quantitative estimate of drug-likeness (QED) is 0.691. The van der Waals surface area contributed by atoms with Gasteiger partial charge in [0.15, 0.2) is 5.12 Å². The molecule has 5 heteroatoms. The molecule has 0 amide bonds. The average molecular weight is 255 g/mol. The Labute approximate surface area is 105 Å². The summed E-state index contributed by atoms with van der Waals surface area (Å²) >= 11 is 1.14. The van der Waals surface area contributed by atoms with E-state index in [9.17, 15) is 15.0 Å². The average Bonchev–Trinajstić information content (AvgIpc) is 2.27. The minimum absolute atomic E-state index is 0.00986. The van der Waals surface area contributed by atoms with Gasteiger partial charge in [0.2, 0.25) is 0 Å². The molecule has 1 aromatic rings. The number of hydrogen-bond donors (Lipinski definition) is 3. The van der Waals surface area contributed by atoms with E-state index in [4.69, 9.17) is 5.73 Å². The zero-order chi connectivity index (χ0) is 12.8. The molecular formula is C12H17NO3S. The van der Waals surface area contributed by atoms with Gasteiger partial charge in [0, 0.05) is 18.4 Å². The van der Waals surface area contributed by atoms with Gasteiger partial charge in [-0.1, -0.05) is 23.9 Å². The van der Waals surface area contributed by atoms with Crippen LogP contribution >= 0.6 is 11.8 Å². The van der Waals surface area contributed by atoms with Gasteiger partial charge in [-0.2, -0.15) is 0 Å². The molecule has 0 aliphatic carbocycles. The molecule has 1 aromatic carbocycles. The highest BCUT2D eigenvalue weighted by Gasteiger charge is 2.18. The van der Waals surface area contributed by atoms with Crippen LogP contribution in [0.2, 0.25) is 0 Å². The standard InChI is InChI=1S/C12H17NO3S/c1-8(14)17-6-5-11(15)12(16)9-3-2-4-10(13)7-9/h2-4,7,11-12,15-16H,5-6,13H2,1H3. The van der Waals surface area contributed by atoms with E-state index in [-0.39, 0.29) is 5.12 Å². The second kappa shape index (κ2) is 6.64. The molecule has 0 bridgehead atoms. The van der Waals surface area contributed by atoms with Crippen LogP contribution in [-0.4, -0.2) is 27.2 Å². The third kappa shape index (κ3) is 4.77. The number of thioether (sulfide) groups is 1. The first kappa shape index (κ1) is 14.0. The van der Waals surface area contributed by atoms with Gasteiger partial charge in [-0.3, -0.25) is 4.79 Å². The summed E-state index contributed by atoms with van der Waals surface area (Å²) in [5, 5.41) is 19.6. The smallest absolute Gasteiger partial charge is 0.185 e. The Morgan fingerprint density at radius 3 is 2.76 bits per heavy atom. The highest BCUT2D eigenvalue weighted by Crippen LogP contribution is 2.22. The van der Waals surface area contributed by atoms with Crippen molar-refractivity contribution in [2.24, 2.45) is 0 Å². The van der Waals surface area contributed by atoms with Crippen molar-refractivity contribution >= 4 is 22.6 Å². The summed E-state index contributed by atoms with van der Waals surface area (Å²) in [6.07, 6.45) is -1.49. The predicted octanol–water partition coefficient (Wildman–Crippen LogP) is 1.33. The van der Waals surface area contributed by atoms with E-state index in [1.165, 1.54) is 6.92 Å². The fourth-order valence-electron chi connectivity index (χ4n) is 1.45. The molecule has 2 unspecified atom stereocenters. The molecule has 0 aliphatic rings. The lowest BCUT2D eigenvalue weighted by Crippen LogP contribution is -2.19. The summed E-state index contributed by atoms with van der Waals surface area (Å²) in [6.45, 7) is 1.48. The molecule has 17 heavy (non-hydrogen) atoms. The van der Waals surface area contributed by atoms with Crippen molar-refractivity contribution in [2.45, 2.75) is 25.6 Å². The number of benzene rings is 1. The minimum atomic E-state index is -0.967. The van der Waals surface area contributed by atoms with Crippen molar-refractivity contribution in [1.82, 2.24) is 0 Å². The van der Waals surface area contributed by atoms with Gasteiger partial charge in [0.25, 0.3) is 0 Å². The molecule has 0 spiro atoms. The first-order valence-electron chi connectivity index (χ1n) is 5.35. The fourth-order valence-corrected chi connectivity index (χ4v) is 2.09. The number of aliphatic hydroxyl groups excluding tert-OH is 2. The van der Waals surface area contributed by atoms with Crippen LogP contribution in [0.5, 0.6) is 0 Å². The molecule has 94 valence electrons. The molecule has 0 aromatic heterocycles. The number of nitrogens with two attached hydrogens (primary N) is 1. The predicted molar refractivity (Wildman–Crippen MR) is 69.6 cm³/mol. The summed E-state index contributed by atoms with van der Waals surface area (Å²) in [6, 6.07) is 6.79. The van der Waals surface area contributed by atoms with E-state index in [1.807, 2.05) is 0 Å². The number of nitrogen functional groups attached to an aromatic ring is 1. The number of rotatable bonds is 5. The lowest BCUT2D eigenvalue weighted by molar-refractivity contribution is -0.109. The normalized spacial score (nSPS) is 14.3. The summed E-state index contributed by atoms with van der Waals surface area (Å²) in [7, 11) is 0. The Morgan fingerprint density at radius 2 is 2.18 bits per heavy atom. The summed E-state index contributed by atoms with van der Waals surface area (Å²) < 4.78 is 0. The maximum absolute atomic E-state index is 10.7. The highest BCUT2D eigenvalue weighted by molar-refractivity contribution is 8.13. The fraction of sp³-hybridized carbons (Fsp3) is 0.417. The Bertz CT molecular complexity index is 384. The van der Waals surface area contributed by atoms with Gasteiger partial charge in [0.05, 0.1) is 6.10 Å². The van der Waals surface area contributed by atoms with E-state index in [2.05, 4.69) is 0 Å². The summed E-state index contributed by atoms with van der Waals surface area (Å²) in [4.78, 5) is 10.7. The first-order chi connectivity index (χ1) is 8.00. The molecule has 1 rings (SSSR count). The molecule has 4 nitrogen and oxygen atoms in total. The molecule has 0 radical (unpaired) electrons. The Morgan fingerprint density at radius 1 is 1.47 bits per heavy atom. The molecule has 2 atom stereocenters. The van der Waals surface area contributed by atoms with Crippen molar-refractivity contribution in [2.75, 3.05) is 11.5 Å². The van der Waals surface area contributed by atoms with Gasteiger partial charge in [0.1, 0.15) is 6.10 Å². The Kier molecular flexibility index (Phi) is 5.47. The second-order valence-corrected chi connectivity index (χ2v) is 5.08. The van der Waals surface area contributed by atoms with Crippen molar-refractivity contribution in [3.63, 3.8) is 0 Å². The van der Waals surface area contributed by atoms with Gasteiger partial charge in [-0.15, -0.1) is 0 Å². The molecule has 0 saturated carbocycles. The van der Waals surface area contributed by atoms with Crippen molar-refractivity contribution in [1.29, 1.82) is 0 Å². The van der Waals surface area contributed by atoms with Crippen LogP contribution in [0, 0.1) is 0 Å². The minimum Gasteiger partial charge on any atom is -0.399 e.